The summed E-state index contributed by atoms with van der Waals surface area (Å²) in [6.07, 6.45) is 0. The Balaban J connectivity index is 1.94. The summed E-state index contributed by atoms with van der Waals surface area (Å²) < 4.78 is 18.1. The maximum atomic E-state index is 13.4. The summed E-state index contributed by atoms with van der Waals surface area (Å²) >= 11 is 7.05. The summed E-state index contributed by atoms with van der Waals surface area (Å²) in [4.78, 5) is 43.9. The fourth-order valence-electron chi connectivity index (χ4n) is 3.55. The van der Waals surface area contributed by atoms with Crippen LogP contribution < -0.4 is 4.90 Å². The third-order valence-corrected chi connectivity index (χ3v) is 6.46. The zero-order chi connectivity index (χ0) is 23.9. The lowest BCUT2D eigenvalue weighted by Crippen LogP contribution is -2.29. The van der Waals surface area contributed by atoms with E-state index in [0.717, 1.165) is 28.4 Å². The van der Waals surface area contributed by atoms with Crippen LogP contribution in [-0.4, -0.2) is 34.9 Å². The third kappa shape index (κ3) is 4.01. The number of carbonyl (C=O) groups excluding carboxylic acids is 3. The number of thiazole rings is 1. The molecule has 1 amide bonds. The molecule has 10 heteroatoms. The minimum absolute atomic E-state index is 0.0816. The first-order valence-electron chi connectivity index (χ1n) is 9.61. The number of aryl methyl sites for hydroxylation is 1. The summed E-state index contributed by atoms with van der Waals surface area (Å²) in [5.41, 5.74) is 0.721. The average Bonchev–Trinajstić information content (AvgIpc) is 3.30. The van der Waals surface area contributed by atoms with Crippen LogP contribution in [0.5, 0.6) is 0 Å². The van der Waals surface area contributed by atoms with Crippen molar-refractivity contribution >= 4 is 51.5 Å². The Labute approximate surface area is 196 Å². The van der Waals surface area contributed by atoms with Gasteiger partial charge in [0.05, 0.1) is 24.4 Å². The van der Waals surface area contributed by atoms with Gasteiger partial charge in [0.2, 0.25) is 0 Å². The first kappa shape index (κ1) is 22.6. The number of benzene rings is 2. The summed E-state index contributed by atoms with van der Waals surface area (Å²) in [6, 6.07) is 10.3. The van der Waals surface area contributed by atoms with Gasteiger partial charge in [0.25, 0.3) is 5.78 Å². The molecular formula is C23H16ClFN2O5S. The van der Waals surface area contributed by atoms with Crippen molar-refractivity contribution in [1.29, 1.82) is 0 Å². The SMILES string of the molecule is COC(=O)c1sc(N2C(=O)C(=O)/C(=C(/O)c3ccc(F)cc3)C2c2cccc(Cl)c2)nc1C. The van der Waals surface area contributed by atoms with Crippen molar-refractivity contribution in [1.82, 2.24) is 4.98 Å². The normalized spacial score (nSPS) is 17.5. The number of rotatable bonds is 4. The number of anilines is 1. The van der Waals surface area contributed by atoms with E-state index in [2.05, 4.69) is 4.98 Å². The molecule has 168 valence electrons. The van der Waals surface area contributed by atoms with Crippen molar-refractivity contribution in [3.05, 3.63) is 86.6 Å². The highest BCUT2D eigenvalue weighted by Crippen LogP contribution is 2.44. The van der Waals surface area contributed by atoms with Gasteiger partial charge in [-0.25, -0.2) is 14.2 Å². The molecule has 1 saturated heterocycles. The quantitative estimate of drug-likeness (QED) is 0.249. The maximum absolute atomic E-state index is 13.4. The lowest BCUT2D eigenvalue weighted by molar-refractivity contribution is -0.132. The van der Waals surface area contributed by atoms with E-state index in [-0.39, 0.29) is 21.1 Å². The first-order chi connectivity index (χ1) is 15.7. The van der Waals surface area contributed by atoms with Crippen LogP contribution in [0.2, 0.25) is 5.02 Å². The summed E-state index contributed by atoms with van der Waals surface area (Å²) in [5, 5.41) is 11.4. The van der Waals surface area contributed by atoms with Gasteiger partial charge in [-0.1, -0.05) is 35.1 Å². The van der Waals surface area contributed by atoms with E-state index in [9.17, 15) is 23.9 Å². The number of hydrogen-bond donors (Lipinski definition) is 1. The van der Waals surface area contributed by atoms with Gasteiger partial charge in [0, 0.05) is 10.6 Å². The van der Waals surface area contributed by atoms with E-state index in [1.165, 1.54) is 19.2 Å². The Hall–Kier alpha value is -3.56. The van der Waals surface area contributed by atoms with Gasteiger partial charge in [0.1, 0.15) is 16.5 Å². The number of halogens is 2. The predicted octanol–water partition coefficient (Wildman–Crippen LogP) is 4.66. The molecule has 1 aromatic heterocycles. The van der Waals surface area contributed by atoms with E-state index < -0.39 is 35.3 Å². The predicted molar refractivity (Wildman–Crippen MR) is 121 cm³/mol. The van der Waals surface area contributed by atoms with Crippen molar-refractivity contribution < 1.29 is 28.6 Å². The van der Waals surface area contributed by atoms with Gasteiger partial charge >= 0.3 is 11.9 Å². The van der Waals surface area contributed by atoms with Gasteiger partial charge in [-0.05, 0) is 48.9 Å². The van der Waals surface area contributed by atoms with E-state index in [1.54, 1.807) is 31.2 Å². The van der Waals surface area contributed by atoms with E-state index in [4.69, 9.17) is 16.3 Å². The van der Waals surface area contributed by atoms with Gasteiger partial charge in [-0.3, -0.25) is 14.5 Å². The van der Waals surface area contributed by atoms with E-state index >= 15 is 0 Å². The van der Waals surface area contributed by atoms with Crippen molar-refractivity contribution in [3.63, 3.8) is 0 Å². The second-order valence-electron chi connectivity index (χ2n) is 7.13. The molecule has 2 heterocycles. The summed E-state index contributed by atoms with van der Waals surface area (Å²) in [5.74, 6) is -3.50. The Morgan fingerprint density at radius 2 is 1.91 bits per heavy atom. The molecule has 3 aromatic rings. The van der Waals surface area contributed by atoms with Gasteiger partial charge < -0.3 is 9.84 Å². The lowest BCUT2D eigenvalue weighted by atomic mass is 9.95. The number of hydrogen-bond acceptors (Lipinski definition) is 7. The van der Waals surface area contributed by atoms with Crippen LogP contribution in [0.4, 0.5) is 9.52 Å². The fraction of sp³-hybridized carbons (Fsp3) is 0.130. The molecule has 0 radical (unpaired) electrons. The zero-order valence-corrected chi connectivity index (χ0v) is 18.9. The molecule has 2 aromatic carbocycles. The molecule has 33 heavy (non-hydrogen) atoms. The lowest BCUT2D eigenvalue weighted by Gasteiger charge is -2.23. The molecule has 0 aliphatic carbocycles. The minimum atomic E-state index is -1.08. The second-order valence-corrected chi connectivity index (χ2v) is 8.55. The molecular weight excluding hydrogens is 471 g/mol. The highest BCUT2D eigenvalue weighted by Gasteiger charge is 2.48. The summed E-state index contributed by atoms with van der Waals surface area (Å²) in [7, 11) is 1.22. The second kappa shape index (κ2) is 8.76. The van der Waals surface area contributed by atoms with Gasteiger partial charge in [0.15, 0.2) is 5.13 Å². The van der Waals surface area contributed by atoms with Crippen molar-refractivity contribution in [2.75, 3.05) is 12.0 Å². The van der Waals surface area contributed by atoms with Crippen LogP contribution in [0.1, 0.15) is 32.5 Å². The Bertz CT molecular complexity index is 1320. The molecule has 1 atom stereocenters. The van der Waals surface area contributed by atoms with E-state index in [0.29, 0.717) is 16.3 Å². The zero-order valence-electron chi connectivity index (χ0n) is 17.3. The molecule has 0 saturated carbocycles. The number of esters is 1. The van der Waals surface area contributed by atoms with Crippen LogP contribution in [0, 0.1) is 12.7 Å². The molecule has 4 rings (SSSR count). The number of ether oxygens (including phenoxy) is 1. The number of nitrogens with zero attached hydrogens (tertiary/aromatic N) is 2. The van der Waals surface area contributed by atoms with Gasteiger partial charge in [-0.2, -0.15) is 0 Å². The topological polar surface area (TPSA) is 96.8 Å². The highest BCUT2D eigenvalue weighted by molar-refractivity contribution is 7.17. The molecule has 1 fully saturated rings. The van der Waals surface area contributed by atoms with Crippen molar-refractivity contribution in [2.24, 2.45) is 0 Å². The van der Waals surface area contributed by atoms with Crippen LogP contribution in [0.25, 0.3) is 5.76 Å². The Morgan fingerprint density at radius 3 is 2.55 bits per heavy atom. The van der Waals surface area contributed by atoms with Crippen molar-refractivity contribution in [3.8, 4) is 0 Å². The molecule has 1 aliphatic rings. The summed E-state index contributed by atoms with van der Waals surface area (Å²) in [6.45, 7) is 1.58. The van der Waals surface area contributed by atoms with Crippen LogP contribution in [-0.2, 0) is 14.3 Å². The number of aromatic nitrogens is 1. The first-order valence-corrected chi connectivity index (χ1v) is 10.8. The molecule has 1 aliphatic heterocycles. The molecule has 0 spiro atoms. The number of ketones is 1. The number of aliphatic hydroxyl groups excluding tert-OH is 1. The highest BCUT2D eigenvalue weighted by atomic mass is 35.5. The molecule has 1 N–H and O–H groups in total. The maximum Gasteiger partial charge on any atom is 0.350 e. The number of methoxy groups -OCH3 is 1. The van der Waals surface area contributed by atoms with Crippen LogP contribution in [0.3, 0.4) is 0 Å². The monoisotopic (exact) mass is 486 g/mol. The van der Waals surface area contributed by atoms with E-state index in [1.807, 2.05) is 0 Å². The van der Waals surface area contributed by atoms with Gasteiger partial charge in [-0.15, -0.1) is 0 Å². The van der Waals surface area contributed by atoms with Crippen LogP contribution >= 0.6 is 22.9 Å². The number of Topliss-reactive ketones (excluding diaryl/α,β-unsaturated/α-hetero) is 1. The molecule has 1 unspecified atom stereocenters. The smallest absolute Gasteiger partial charge is 0.350 e. The van der Waals surface area contributed by atoms with Crippen LogP contribution in [0.15, 0.2) is 54.1 Å². The Kier molecular flexibility index (Phi) is 6.01. The number of amides is 1. The number of carbonyl (C=O) groups is 3. The fourth-order valence-corrected chi connectivity index (χ4v) is 4.76. The Morgan fingerprint density at radius 1 is 1.21 bits per heavy atom. The van der Waals surface area contributed by atoms with Crippen molar-refractivity contribution in [2.45, 2.75) is 13.0 Å². The standard InChI is InChI=1S/C23H16ClFN2O5S/c1-11-20(22(31)32-2)33-23(26-11)27-17(13-4-3-5-14(24)10-13)16(19(29)21(27)30)18(28)12-6-8-15(25)9-7-12/h3-10,17,28H,1-2H3/b18-16+. The minimum Gasteiger partial charge on any atom is -0.507 e. The largest absolute Gasteiger partial charge is 0.507 e. The third-order valence-electron chi connectivity index (χ3n) is 5.09. The average molecular weight is 487 g/mol. The molecule has 7 nitrogen and oxygen atoms in total. The number of aliphatic hydroxyl groups is 1. The molecule has 0 bridgehead atoms.